The predicted octanol–water partition coefficient (Wildman–Crippen LogP) is 2.92. The molecule has 0 spiro atoms. The fraction of sp³-hybridized carbons (Fsp3) is 0.667. The Morgan fingerprint density at radius 1 is 1.22 bits per heavy atom. The molecule has 1 atom stereocenters. The summed E-state index contributed by atoms with van der Waals surface area (Å²) in [5.41, 5.74) is 1.90. The first-order valence-corrected chi connectivity index (χ1v) is 9.70. The molecule has 0 radical (unpaired) electrons. The van der Waals surface area contributed by atoms with Gasteiger partial charge in [-0.05, 0) is 45.6 Å². The van der Waals surface area contributed by atoms with Gasteiger partial charge in [-0.25, -0.2) is 0 Å². The molecule has 0 bridgehead atoms. The minimum absolute atomic E-state index is 0.269. The van der Waals surface area contributed by atoms with Crippen molar-refractivity contribution in [1.82, 2.24) is 4.90 Å². The van der Waals surface area contributed by atoms with Crippen LogP contribution >= 0.6 is 11.8 Å². The summed E-state index contributed by atoms with van der Waals surface area (Å²) in [7, 11) is -0.269. The second-order valence-electron chi connectivity index (χ2n) is 7.73. The van der Waals surface area contributed by atoms with Gasteiger partial charge in [0.15, 0.2) is 0 Å². The Morgan fingerprint density at radius 3 is 2.57 bits per heavy atom. The highest BCUT2D eigenvalue weighted by Crippen LogP contribution is 2.36. The van der Waals surface area contributed by atoms with Crippen LogP contribution in [-0.2, 0) is 15.9 Å². The highest BCUT2D eigenvalue weighted by atomic mass is 32.2. The van der Waals surface area contributed by atoms with E-state index in [9.17, 15) is 0 Å². The lowest BCUT2D eigenvalue weighted by atomic mass is 9.78. The van der Waals surface area contributed by atoms with Gasteiger partial charge in [0.2, 0.25) is 0 Å². The van der Waals surface area contributed by atoms with Crippen molar-refractivity contribution in [2.45, 2.75) is 58.4 Å². The lowest BCUT2D eigenvalue weighted by Gasteiger charge is -2.33. The van der Waals surface area contributed by atoms with Crippen LogP contribution < -0.4 is 5.46 Å². The molecule has 1 aromatic rings. The molecule has 0 aliphatic carbocycles. The van der Waals surface area contributed by atoms with Gasteiger partial charge in [-0.3, -0.25) is 4.90 Å². The molecule has 2 aliphatic heterocycles. The molecule has 0 saturated carbocycles. The molecule has 2 aliphatic rings. The van der Waals surface area contributed by atoms with Crippen LogP contribution in [0.15, 0.2) is 24.3 Å². The fourth-order valence-electron chi connectivity index (χ4n) is 3.05. The van der Waals surface area contributed by atoms with Gasteiger partial charge in [-0.1, -0.05) is 24.3 Å². The minimum atomic E-state index is -0.285. The van der Waals surface area contributed by atoms with Crippen molar-refractivity contribution >= 4 is 24.3 Å². The third kappa shape index (κ3) is 3.63. The van der Waals surface area contributed by atoms with Gasteiger partial charge >= 0.3 is 7.12 Å². The molecule has 126 valence electrons. The predicted molar refractivity (Wildman–Crippen MR) is 99.4 cm³/mol. The molecule has 3 nitrogen and oxygen atoms in total. The lowest BCUT2D eigenvalue weighted by molar-refractivity contribution is 0.00578. The largest absolute Gasteiger partial charge is 0.494 e. The van der Waals surface area contributed by atoms with Crippen LogP contribution in [0.5, 0.6) is 0 Å². The van der Waals surface area contributed by atoms with Gasteiger partial charge in [0, 0.05) is 30.6 Å². The molecule has 2 saturated heterocycles. The maximum atomic E-state index is 6.18. The van der Waals surface area contributed by atoms with Crippen molar-refractivity contribution in [3.8, 4) is 0 Å². The van der Waals surface area contributed by atoms with E-state index in [4.69, 9.17) is 9.31 Å². The Morgan fingerprint density at radius 2 is 1.91 bits per heavy atom. The second kappa shape index (κ2) is 6.43. The third-order valence-corrected chi connectivity index (χ3v) is 6.56. The summed E-state index contributed by atoms with van der Waals surface area (Å²) in [6.45, 7) is 12.9. The lowest BCUT2D eigenvalue weighted by Crippen LogP contribution is -2.41. The first-order valence-electron chi connectivity index (χ1n) is 8.55. The van der Waals surface area contributed by atoms with E-state index in [0.717, 1.165) is 12.0 Å². The third-order valence-electron chi connectivity index (χ3n) is 5.37. The summed E-state index contributed by atoms with van der Waals surface area (Å²) < 4.78 is 12.4. The molecule has 1 aromatic carbocycles. The van der Waals surface area contributed by atoms with Crippen molar-refractivity contribution in [2.24, 2.45) is 0 Å². The summed E-state index contributed by atoms with van der Waals surface area (Å²) in [4.78, 5) is 2.57. The van der Waals surface area contributed by atoms with Crippen LogP contribution in [0.2, 0.25) is 0 Å². The first-order chi connectivity index (χ1) is 10.8. The highest BCUT2D eigenvalue weighted by molar-refractivity contribution is 7.99. The number of nitrogens with zero attached hydrogens (tertiary/aromatic N) is 1. The summed E-state index contributed by atoms with van der Waals surface area (Å²) in [6, 6.07) is 9.34. The number of hydrogen-bond acceptors (Lipinski definition) is 4. The Balaban J connectivity index is 1.73. The van der Waals surface area contributed by atoms with Gasteiger partial charge in [0.05, 0.1) is 11.2 Å². The average molecular weight is 333 g/mol. The fourth-order valence-corrected chi connectivity index (χ4v) is 4.13. The molecule has 3 rings (SSSR count). The van der Waals surface area contributed by atoms with E-state index < -0.39 is 0 Å². The van der Waals surface area contributed by atoms with Crippen LogP contribution in [0.1, 0.15) is 40.2 Å². The van der Waals surface area contributed by atoms with Crippen LogP contribution in [-0.4, -0.2) is 47.3 Å². The molecule has 23 heavy (non-hydrogen) atoms. The zero-order valence-electron chi connectivity index (χ0n) is 15.0. The maximum Gasteiger partial charge on any atom is 0.494 e. The Kier molecular flexibility index (Phi) is 4.85. The number of benzene rings is 1. The molecule has 2 heterocycles. The monoisotopic (exact) mass is 333 g/mol. The van der Waals surface area contributed by atoms with Crippen molar-refractivity contribution in [1.29, 1.82) is 0 Å². The van der Waals surface area contributed by atoms with Gasteiger partial charge in [0.25, 0.3) is 0 Å². The molecular formula is C18H28BNO2S. The van der Waals surface area contributed by atoms with Crippen molar-refractivity contribution in [2.75, 3.05) is 18.1 Å². The smallest absolute Gasteiger partial charge is 0.399 e. The first kappa shape index (κ1) is 17.3. The molecular weight excluding hydrogens is 305 g/mol. The van der Waals surface area contributed by atoms with Gasteiger partial charge in [-0.15, -0.1) is 0 Å². The molecule has 5 heteroatoms. The molecule has 0 amide bonds. The maximum absolute atomic E-state index is 6.18. The van der Waals surface area contributed by atoms with Gasteiger partial charge in [0.1, 0.15) is 0 Å². The van der Waals surface area contributed by atoms with E-state index in [2.05, 4.69) is 75.5 Å². The Bertz CT molecular complexity index is 548. The van der Waals surface area contributed by atoms with Crippen molar-refractivity contribution in [3.63, 3.8) is 0 Å². The zero-order valence-corrected chi connectivity index (χ0v) is 15.8. The van der Waals surface area contributed by atoms with E-state index >= 15 is 0 Å². The van der Waals surface area contributed by atoms with Crippen molar-refractivity contribution in [3.05, 3.63) is 29.8 Å². The standard InChI is InChI=1S/C18H28BNO2S/c1-14-13-23-10-9-20(14)12-15-7-6-8-16(11-15)19-21-17(2,3)18(4,5)22-19/h6-8,11,14H,9-10,12-13H2,1-5H3. The Hall–Kier alpha value is -0.485. The van der Waals surface area contributed by atoms with E-state index in [-0.39, 0.29) is 18.3 Å². The van der Waals surface area contributed by atoms with Crippen LogP contribution in [0.25, 0.3) is 0 Å². The Labute approximate surface area is 145 Å². The van der Waals surface area contributed by atoms with E-state index in [1.165, 1.54) is 23.6 Å². The van der Waals surface area contributed by atoms with Crippen molar-refractivity contribution < 1.29 is 9.31 Å². The topological polar surface area (TPSA) is 21.7 Å². The molecule has 0 N–H and O–H groups in total. The minimum Gasteiger partial charge on any atom is -0.399 e. The van der Waals surface area contributed by atoms with Gasteiger partial charge in [-0.2, -0.15) is 11.8 Å². The van der Waals surface area contributed by atoms with E-state index in [1.54, 1.807) is 0 Å². The number of rotatable bonds is 3. The SMILES string of the molecule is CC1CSCCN1Cc1cccc(B2OC(C)(C)C(C)(C)O2)c1. The quantitative estimate of drug-likeness (QED) is 0.793. The van der Waals surface area contributed by atoms with Gasteiger partial charge < -0.3 is 9.31 Å². The summed E-state index contributed by atoms with van der Waals surface area (Å²) in [6.07, 6.45) is 0. The summed E-state index contributed by atoms with van der Waals surface area (Å²) in [5, 5.41) is 0. The van der Waals surface area contributed by atoms with E-state index in [1.807, 2.05) is 0 Å². The number of hydrogen-bond donors (Lipinski definition) is 0. The number of thioether (sulfide) groups is 1. The summed E-state index contributed by atoms with van der Waals surface area (Å²) in [5.74, 6) is 2.47. The van der Waals surface area contributed by atoms with Crippen LogP contribution in [0, 0.1) is 0 Å². The molecule has 2 fully saturated rings. The molecule has 0 aromatic heterocycles. The highest BCUT2D eigenvalue weighted by Gasteiger charge is 2.51. The average Bonchev–Trinajstić information content (AvgIpc) is 2.70. The summed E-state index contributed by atoms with van der Waals surface area (Å²) >= 11 is 2.06. The zero-order chi connectivity index (χ0) is 16.7. The molecule has 1 unspecified atom stereocenters. The second-order valence-corrected chi connectivity index (χ2v) is 8.88. The van der Waals surface area contributed by atoms with Crippen LogP contribution in [0.3, 0.4) is 0 Å². The van der Waals surface area contributed by atoms with Crippen LogP contribution in [0.4, 0.5) is 0 Å². The normalized spacial score (nSPS) is 27.3. The van der Waals surface area contributed by atoms with E-state index in [0.29, 0.717) is 6.04 Å².